The van der Waals surface area contributed by atoms with E-state index in [-0.39, 0.29) is 5.91 Å². The number of nitrogens with one attached hydrogen (secondary N) is 1. The molecule has 3 aromatic rings. The standard InChI is InChI=1S/C20H21N3O2/c1-13-18(14-7-3-2-4-8-14)23-25-20(13)22-19(24)17-12-21-11-15-9-5-6-10-16(15)17/h5-6,9-12,14H,2-4,7-8H2,1H3,(H,22,24). The number of hydrogen-bond acceptors (Lipinski definition) is 4. The molecule has 1 aromatic carbocycles. The number of hydrogen-bond donors (Lipinski definition) is 1. The highest BCUT2D eigenvalue weighted by molar-refractivity contribution is 6.12. The summed E-state index contributed by atoms with van der Waals surface area (Å²) in [5.74, 6) is 0.666. The number of carbonyl (C=O) groups is 1. The molecule has 0 spiro atoms. The molecule has 1 aliphatic carbocycles. The lowest BCUT2D eigenvalue weighted by molar-refractivity contribution is 0.102. The molecular weight excluding hydrogens is 314 g/mol. The van der Waals surface area contributed by atoms with Crippen LogP contribution in [0.4, 0.5) is 5.88 Å². The van der Waals surface area contributed by atoms with Crippen LogP contribution in [0.5, 0.6) is 0 Å². The zero-order valence-corrected chi connectivity index (χ0v) is 14.3. The van der Waals surface area contributed by atoms with Crippen LogP contribution in [0, 0.1) is 6.92 Å². The molecule has 1 amide bonds. The van der Waals surface area contributed by atoms with Crippen LogP contribution in [0.15, 0.2) is 41.2 Å². The van der Waals surface area contributed by atoms with E-state index in [1.165, 1.54) is 19.3 Å². The average molecular weight is 335 g/mol. The molecule has 2 heterocycles. The first kappa shape index (κ1) is 15.8. The Morgan fingerprint density at radius 3 is 2.80 bits per heavy atom. The molecule has 128 valence electrons. The number of aromatic nitrogens is 2. The summed E-state index contributed by atoms with van der Waals surface area (Å²) in [6, 6.07) is 7.72. The smallest absolute Gasteiger partial charge is 0.260 e. The lowest BCUT2D eigenvalue weighted by Crippen LogP contribution is -2.13. The Bertz CT molecular complexity index is 905. The van der Waals surface area contributed by atoms with E-state index in [4.69, 9.17) is 4.52 Å². The van der Waals surface area contributed by atoms with Gasteiger partial charge in [-0.05, 0) is 25.2 Å². The van der Waals surface area contributed by atoms with E-state index in [0.29, 0.717) is 17.4 Å². The first-order valence-corrected chi connectivity index (χ1v) is 8.84. The number of pyridine rings is 1. The van der Waals surface area contributed by atoms with Gasteiger partial charge in [0.05, 0.1) is 11.3 Å². The molecule has 5 nitrogen and oxygen atoms in total. The summed E-state index contributed by atoms with van der Waals surface area (Å²) in [6.07, 6.45) is 9.41. The second-order valence-electron chi connectivity index (χ2n) is 6.72. The Hall–Kier alpha value is -2.69. The molecule has 1 fully saturated rings. The summed E-state index contributed by atoms with van der Waals surface area (Å²) in [5.41, 5.74) is 2.47. The van der Waals surface area contributed by atoms with Crippen LogP contribution in [-0.4, -0.2) is 16.0 Å². The third-order valence-corrected chi connectivity index (χ3v) is 5.09. The van der Waals surface area contributed by atoms with Gasteiger partial charge in [0.15, 0.2) is 0 Å². The summed E-state index contributed by atoms with van der Waals surface area (Å²) < 4.78 is 5.45. The molecule has 1 aliphatic rings. The minimum absolute atomic E-state index is 0.223. The van der Waals surface area contributed by atoms with Crippen molar-refractivity contribution in [2.75, 3.05) is 5.32 Å². The highest BCUT2D eigenvalue weighted by Gasteiger charge is 2.24. The highest BCUT2D eigenvalue weighted by Crippen LogP contribution is 2.35. The number of benzene rings is 1. The Kier molecular flexibility index (Phi) is 4.22. The molecule has 1 N–H and O–H groups in total. The molecule has 1 saturated carbocycles. The van der Waals surface area contributed by atoms with E-state index >= 15 is 0 Å². The summed E-state index contributed by atoms with van der Waals surface area (Å²) in [4.78, 5) is 16.9. The second-order valence-corrected chi connectivity index (χ2v) is 6.72. The number of anilines is 1. The first-order chi connectivity index (χ1) is 12.2. The summed E-state index contributed by atoms with van der Waals surface area (Å²) >= 11 is 0. The van der Waals surface area contributed by atoms with Crippen LogP contribution in [0.25, 0.3) is 10.8 Å². The third-order valence-electron chi connectivity index (χ3n) is 5.09. The molecule has 5 heteroatoms. The van der Waals surface area contributed by atoms with Crippen LogP contribution in [0.3, 0.4) is 0 Å². The molecular formula is C20H21N3O2. The fourth-order valence-corrected chi connectivity index (χ4v) is 3.69. The van der Waals surface area contributed by atoms with Gasteiger partial charge >= 0.3 is 0 Å². The van der Waals surface area contributed by atoms with Gasteiger partial charge < -0.3 is 4.52 Å². The van der Waals surface area contributed by atoms with Gasteiger partial charge in [0, 0.05) is 29.3 Å². The Morgan fingerprint density at radius 1 is 1.16 bits per heavy atom. The molecule has 0 unspecified atom stereocenters. The zero-order chi connectivity index (χ0) is 17.2. The van der Waals surface area contributed by atoms with Gasteiger partial charge in [-0.1, -0.05) is 48.7 Å². The van der Waals surface area contributed by atoms with Crippen molar-refractivity contribution in [3.05, 3.63) is 53.5 Å². The number of nitrogens with zero attached hydrogens (tertiary/aromatic N) is 2. The van der Waals surface area contributed by atoms with Gasteiger partial charge in [0.2, 0.25) is 5.88 Å². The van der Waals surface area contributed by atoms with Crippen LogP contribution < -0.4 is 5.32 Å². The molecule has 2 aromatic heterocycles. The van der Waals surface area contributed by atoms with Crippen LogP contribution in [-0.2, 0) is 0 Å². The monoisotopic (exact) mass is 335 g/mol. The molecule has 25 heavy (non-hydrogen) atoms. The van der Waals surface area contributed by atoms with Gasteiger partial charge in [0.25, 0.3) is 5.91 Å². The second kappa shape index (κ2) is 6.67. The lowest BCUT2D eigenvalue weighted by Gasteiger charge is -2.19. The molecule has 0 radical (unpaired) electrons. The normalized spacial score (nSPS) is 15.4. The Balaban J connectivity index is 1.59. The maximum atomic E-state index is 12.7. The van der Waals surface area contributed by atoms with E-state index in [9.17, 15) is 4.79 Å². The summed E-state index contributed by atoms with van der Waals surface area (Å²) in [5, 5.41) is 8.93. The van der Waals surface area contributed by atoms with Gasteiger partial charge in [-0.25, -0.2) is 0 Å². The van der Waals surface area contributed by atoms with Crippen LogP contribution >= 0.6 is 0 Å². The van der Waals surface area contributed by atoms with Gasteiger partial charge in [-0.2, -0.15) is 0 Å². The maximum absolute atomic E-state index is 12.7. The average Bonchev–Trinajstić information content (AvgIpc) is 3.02. The van der Waals surface area contributed by atoms with E-state index in [1.807, 2.05) is 31.2 Å². The SMILES string of the molecule is Cc1c(C2CCCCC2)noc1NC(=O)c1cncc2ccccc12. The Labute approximate surface area is 146 Å². The topological polar surface area (TPSA) is 68.0 Å². The first-order valence-electron chi connectivity index (χ1n) is 8.84. The largest absolute Gasteiger partial charge is 0.338 e. The predicted octanol–water partition coefficient (Wildman–Crippen LogP) is 4.83. The van der Waals surface area contributed by atoms with Gasteiger partial charge in [0.1, 0.15) is 0 Å². The number of amides is 1. The van der Waals surface area contributed by atoms with Crippen LogP contribution in [0.2, 0.25) is 0 Å². The summed E-state index contributed by atoms with van der Waals surface area (Å²) in [7, 11) is 0. The maximum Gasteiger partial charge on any atom is 0.260 e. The van der Waals surface area contributed by atoms with Crippen molar-refractivity contribution < 1.29 is 9.32 Å². The molecule has 0 aliphatic heterocycles. The fraction of sp³-hybridized carbons (Fsp3) is 0.350. The van der Waals surface area contributed by atoms with E-state index in [2.05, 4.69) is 15.5 Å². The third kappa shape index (κ3) is 3.02. The van der Waals surface area contributed by atoms with Crippen LogP contribution in [0.1, 0.15) is 59.6 Å². The zero-order valence-electron chi connectivity index (χ0n) is 14.3. The van der Waals surface area contributed by atoms with Crippen molar-refractivity contribution in [3.63, 3.8) is 0 Å². The minimum Gasteiger partial charge on any atom is -0.338 e. The minimum atomic E-state index is -0.223. The van der Waals surface area contributed by atoms with E-state index in [0.717, 1.165) is 34.9 Å². The van der Waals surface area contributed by atoms with Gasteiger partial charge in [-0.15, -0.1) is 0 Å². The summed E-state index contributed by atoms with van der Waals surface area (Å²) in [6.45, 7) is 1.97. The van der Waals surface area contributed by atoms with Crippen molar-refractivity contribution in [1.29, 1.82) is 0 Å². The van der Waals surface area contributed by atoms with Crippen molar-refractivity contribution >= 4 is 22.6 Å². The predicted molar refractivity (Wildman–Crippen MR) is 96.8 cm³/mol. The Morgan fingerprint density at radius 2 is 1.96 bits per heavy atom. The number of rotatable bonds is 3. The van der Waals surface area contributed by atoms with Crippen molar-refractivity contribution in [1.82, 2.24) is 10.1 Å². The molecule has 0 saturated heterocycles. The molecule has 0 bridgehead atoms. The molecule has 0 atom stereocenters. The quantitative estimate of drug-likeness (QED) is 0.744. The number of fused-ring (bicyclic) bond motifs is 1. The van der Waals surface area contributed by atoms with Crippen molar-refractivity contribution in [3.8, 4) is 0 Å². The number of carbonyl (C=O) groups excluding carboxylic acids is 1. The highest BCUT2D eigenvalue weighted by atomic mass is 16.5. The van der Waals surface area contributed by atoms with Gasteiger partial charge in [-0.3, -0.25) is 15.1 Å². The molecule has 4 rings (SSSR count). The van der Waals surface area contributed by atoms with Crippen molar-refractivity contribution in [2.45, 2.75) is 44.9 Å². The van der Waals surface area contributed by atoms with Crippen molar-refractivity contribution in [2.24, 2.45) is 0 Å². The fourth-order valence-electron chi connectivity index (χ4n) is 3.69. The van der Waals surface area contributed by atoms with E-state index in [1.54, 1.807) is 12.4 Å². The van der Waals surface area contributed by atoms with E-state index < -0.39 is 0 Å². The lowest BCUT2D eigenvalue weighted by atomic mass is 9.86.